The van der Waals surface area contributed by atoms with Crippen LogP contribution in [0.4, 0.5) is 0 Å². The number of hydrogen-bond acceptors (Lipinski definition) is 3. The first-order valence-corrected chi connectivity index (χ1v) is 8.74. The first-order chi connectivity index (χ1) is 12.5. The SMILES string of the molecule is COc1ccc(-n2ccc(C(=O)NCCc3cc(Cl)cc(Cl)c3)n2)cc1. The van der Waals surface area contributed by atoms with Gasteiger partial charge in [0.05, 0.1) is 12.8 Å². The van der Waals surface area contributed by atoms with Crippen LogP contribution < -0.4 is 10.1 Å². The highest BCUT2D eigenvalue weighted by Gasteiger charge is 2.10. The minimum absolute atomic E-state index is 0.231. The van der Waals surface area contributed by atoms with Gasteiger partial charge >= 0.3 is 0 Å². The number of nitrogens with zero attached hydrogens (tertiary/aromatic N) is 2. The van der Waals surface area contributed by atoms with Crippen LogP contribution in [0.15, 0.2) is 54.7 Å². The van der Waals surface area contributed by atoms with E-state index in [1.54, 1.807) is 30.1 Å². The third-order valence-corrected chi connectivity index (χ3v) is 4.22. The summed E-state index contributed by atoms with van der Waals surface area (Å²) >= 11 is 12.0. The van der Waals surface area contributed by atoms with Gasteiger partial charge in [-0.15, -0.1) is 0 Å². The molecule has 0 saturated carbocycles. The standard InChI is InChI=1S/C19H17Cl2N3O2/c1-26-17-4-2-16(3-5-17)24-9-7-18(23-24)19(25)22-8-6-13-10-14(20)12-15(21)11-13/h2-5,7,9-12H,6,8H2,1H3,(H,22,25). The van der Waals surface area contributed by atoms with Gasteiger partial charge < -0.3 is 10.1 Å². The highest BCUT2D eigenvalue weighted by Crippen LogP contribution is 2.19. The fourth-order valence-corrected chi connectivity index (χ4v) is 3.06. The van der Waals surface area contributed by atoms with Crippen LogP contribution in [0, 0.1) is 0 Å². The topological polar surface area (TPSA) is 56.1 Å². The zero-order chi connectivity index (χ0) is 18.5. The maximum Gasteiger partial charge on any atom is 0.271 e. The smallest absolute Gasteiger partial charge is 0.271 e. The summed E-state index contributed by atoms with van der Waals surface area (Å²) in [6.07, 6.45) is 2.37. The van der Waals surface area contributed by atoms with Crippen molar-refractivity contribution >= 4 is 29.1 Å². The zero-order valence-corrected chi connectivity index (χ0v) is 15.6. The molecule has 0 unspecified atom stereocenters. The molecule has 2 aromatic carbocycles. The van der Waals surface area contributed by atoms with Gasteiger partial charge in [0.1, 0.15) is 5.75 Å². The summed E-state index contributed by atoms with van der Waals surface area (Å²) in [5.41, 5.74) is 2.16. The van der Waals surface area contributed by atoms with Gasteiger partial charge in [-0.1, -0.05) is 23.2 Å². The van der Waals surface area contributed by atoms with Crippen molar-refractivity contribution in [1.82, 2.24) is 15.1 Å². The second-order valence-corrected chi connectivity index (χ2v) is 6.50. The Morgan fingerprint density at radius 1 is 1.12 bits per heavy atom. The molecule has 0 aliphatic rings. The molecule has 26 heavy (non-hydrogen) atoms. The Balaban J connectivity index is 1.59. The molecule has 0 radical (unpaired) electrons. The number of carbonyl (C=O) groups excluding carboxylic acids is 1. The molecular weight excluding hydrogens is 373 g/mol. The minimum Gasteiger partial charge on any atom is -0.497 e. The third kappa shape index (κ3) is 4.56. The summed E-state index contributed by atoms with van der Waals surface area (Å²) in [5, 5.41) is 8.32. The van der Waals surface area contributed by atoms with Crippen molar-refractivity contribution in [1.29, 1.82) is 0 Å². The molecule has 0 bridgehead atoms. The van der Waals surface area contributed by atoms with E-state index in [0.717, 1.165) is 17.0 Å². The summed E-state index contributed by atoms with van der Waals surface area (Å²) in [6, 6.07) is 14.4. The van der Waals surface area contributed by atoms with E-state index in [2.05, 4.69) is 10.4 Å². The van der Waals surface area contributed by atoms with Crippen molar-refractivity contribution in [3.05, 3.63) is 76.0 Å². The molecule has 1 aromatic heterocycles. The predicted octanol–water partition coefficient (Wildman–Crippen LogP) is 4.16. The van der Waals surface area contributed by atoms with E-state index in [-0.39, 0.29) is 5.91 Å². The molecule has 1 amide bonds. The van der Waals surface area contributed by atoms with Gasteiger partial charge in [-0.2, -0.15) is 5.10 Å². The average molecular weight is 390 g/mol. The van der Waals surface area contributed by atoms with Crippen LogP contribution in [0.25, 0.3) is 5.69 Å². The Hall–Kier alpha value is -2.50. The molecule has 0 aliphatic heterocycles. The first-order valence-electron chi connectivity index (χ1n) is 7.98. The normalized spacial score (nSPS) is 10.6. The van der Waals surface area contributed by atoms with Gasteiger partial charge in [0.25, 0.3) is 5.91 Å². The second-order valence-electron chi connectivity index (χ2n) is 5.63. The van der Waals surface area contributed by atoms with Crippen LogP contribution in [-0.2, 0) is 6.42 Å². The molecule has 0 aliphatic carbocycles. The van der Waals surface area contributed by atoms with E-state index < -0.39 is 0 Å². The van der Waals surface area contributed by atoms with Crippen molar-refractivity contribution in [3.63, 3.8) is 0 Å². The van der Waals surface area contributed by atoms with Gasteiger partial charge in [-0.05, 0) is 60.5 Å². The summed E-state index contributed by atoms with van der Waals surface area (Å²) in [5.74, 6) is 0.533. The van der Waals surface area contributed by atoms with E-state index in [1.807, 2.05) is 36.4 Å². The fraction of sp³-hybridized carbons (Fsp3) is 0.158. The summed E-state index contributed by atoms with van der Waals surface area (Å²) in [6.45, 7) is 0.463. The lowest BCUT2D eigenvalue weighted by molar-refractivity contribution is 0.0948. The number of rotatable bonds is 6. The highest BCUT2D eigenvalue weighted by atomic mass is 35.5. The van der Waals surface area contributed by atoms with E-state index in [1.165, 1.54) is 0 Å². The number of nitrogens with one attached hydrogen (secondary N) is 1. The lowest BCUT2D eigenvalue weighted by Crippen LogP contribution is -2.26. The number of amides is 1. The fourth-order valence-electron chi connectivity index (χ4n) is 2.49. The van der Waals surface area contributed by atoms with E-state index in [0.29, 0.717) is 28.7 Å². The lowest BCUT2D eigenvalue weighted by Gasteiger charge is -2.05. The van der Waals surface area contributed by atoms with Crippen molar-refractivity contribution < 1.29 is 9.53 Å². The molecule has 134 valence electrons. The number of carbonyl (C=O) groups is 1. The van der Waals surface area contributed by atoms with Crippen LogP contribution in [0.1, 0.15) is 16.1 Å². The third-order valence-electron chi connectivity index (χ3n) is 3.78. The van der Waals surface area contributed by atoms with Gasteiger partial charge in [-0.3, -0.25) is 4.79 Å². The van der Waals surface area contributed by atoms with Gasteiger partial charge in [0.15, 0.2) is 5.69 Å². The lowest BCUT2D eigenvalue weighted by atomic mass is 10.1. The Morgan fingerprint density at radius 2 is 1.81 bits per heavy atom. The molecule has 0 saturated heterocycles. The van der Waals surface area contributed by atoms with Crippen LogP contribution in [-0.4, -0.2) is 29.3 Å². The Labute approximate surface area is 161 Å². The molecule has 0 fully saturated rings. The predicted molar refractivity (Wildman–Crippen MR) is 103 cm³/mol. The molecule has 5 nitrogen and oxygen atoms in total. The van der Waals surface area contributed by atoms with Crippen molar-refractivity contribution in [2.24, 2.45) is 0 Å². The number of aromatic nitrogens is 2. The maximum atomic E-state index is 12.3. The van der Waals surface area contributed by atoms with Crippen molar-refractivity contribution in [3.8, 4) is 11.4 Å². The molecule has 0 spiro atoms. The van der Waals surface area contributed by atoms with Crippen molar-refractivity contribution in [2.45, 2.75) is 6.42 Å². The summed E-state index contributed by atoms with van der Waals surface area (Å²) in [7, 11) is 1.61. The second kappa shape index (κ2) is 8.25. The molecule has 1 N–H and O–H groups in total. The molecule has 3 rings (SSSR count). The molecule has 0 atom stereocenters. The molecular formula is C19H17Cl2N3O2. The number of benzene rings is 2. The van der Waals surface area contributed by atoms with E-state index in [9.17, 15) is 4.79 Å². The van der Waals surface area contributed by atoms with Crippen LogP contribution in [0.2, 0.25) is 10.0 Å². The first kappa shape index (κ1) is 18.3. The van der Waals surface area contributed by atoms with Crippen LogP contribution in [0.3, 0.4) is 0 Å². The van der Waals surface area contributed by atoms with Gasteiger partial charge in [-0.25, -0.2) is 4.68 Å². The van der Waals surface area contributed by atoms with E-state index >= 15 is 0 Å². The number of ether oxygens (including phenoxy) is 1. The van der Waals surface area contributed by atoms with Crippen LogP contribution >= 0.6 is 23.2 Å². The monoisotopic (exact) mass is 389 g/mol. The minimum atomic E-state index is -0.231. The number of halogens is 2. The molecule has 1 heterocycles. The Kier molecular flexibility index (Phi) is 5.81. The highest BCUT2D eigenvalue weighted by molar-refractivity contribution is 6.34. The largest absolute Gasteiger partial charge is 0.497 e. The van der Waals surface area contributed by atoms with Crippen LogP contribution in [0.5, 0.6) is 5.75 Å². The maximum absolute atomic E-state index is 12.3. The van der Waals surface area contributed by atoms with E-state index in [4.69, 9.17) is 27.9 Å². The number of methoxy groups -OCH3 is 1. The summed E-state index contributed by atoms with van der Waals surface area (Å²) in [4.78, 5) is 12.3. The average Bonchev–Trinajstić information content (AvgIpc) is 3.11. The quantitative estimate of drug-likeness (QED) is 0.688. The molecule has 7 heteroatoms. The Morgan fingerprint density at radius 3 is 2.46 bits per heavy atom. The number of hydrogen-bond donors (Lipinski definition) is 1. The summed E-state index contributed by atoms with van der Waals surface area (Å²) < 4.78 is 6.78. The van der Waals surface area contributed by atoms with Gasteiger partial charge in [0.2, 0.25) is 0 Å². The Bertz CT molecular complexity index is 887. The van der Waals surface area contributed by atoms with Crippen molar-refractivity contribution in [2.75, 3.05) is 13.7 Å². The zero-order valence-electron chi connectivity index (χ0n) is 14.1. The molecule has 3 aromatic rings. The van der Waals surface area contributed by atoms with Gasteiger partial charge in [0, 0.05) is 22.8 Å².